The Morgan fingerprint density at radius 2 is 2.21 bits per heavy atom. The molecule has 0 saturated carbocycles. The van der Waals surface area contributed by atoms with Crippen molar-refractivity contribution in [2.24, 2.45) is 0 Å². The van der Waals surface area contributed by atoms with Crippen LogP contribution in [-0.4, -0.2) is 72.7 Å². The van der Waals surface area contributed by atoms with Crippen molar-refractivity contribution < 1.29 is 9.90 Å². The molecule has 0 amide bonds. The van der Waals surface area contributed by atoms with Crippen LogP contribution in [0.3, 0.4) is 0 Å². The normalized spacial score (nSPS) is 24.1. The average molecular weight is 271 g/mol. The molecule has 1 heterocycles. The number of carbonyl (C=O) groups is 1. The zero-order valence-corrected chi connectivity index (χ0v) is 12.6. The van der Waals surface area contributed by atoms with Gasteiger partial charge in [-0.15, -0.1) is 0 Å². The van der Waals surface area contributed by atoms with Crippen molar-refractivity contribution in [3.63, 3.8) is 0 Å². The minimum absolute atomic E-state index is 0.409. The average Bonchev–Trinajstić information content (AvgIpc) is 2.50. The minimum atomic E-state index is -0.729. The Balaban J connectivity index is 2.41. The molecule has 2 N–H and O–H groups in total. The highest BCUT2D eigenvalue weighted by atomic mass is 16.4. The van der Waals surface area contributed by atoms with Crippen molar-refractivity contribution in [2.75, 3.05) is 39.8 Å². The van der Waals surface area contributed by atoms with E-state index in [1.165, 1.54) is 6.42 Å². The zero-order chi connectivity index (χ0) is 14.3. The third kappa shape index (κ3) is 5.89. The minimum Gasteiger partial charge on any atom is -0.480 e. The highest BCUT2D eigenvalue weighted by molar-refractivity contribution is 5.73. The molecular weight excluding hydrogens is 242 g/mol. The molecule has 0 aliphatic carbocycles. The van der Waals surface area contributed by atoms with Gasteiger partial charge in [-0.1, -0.05) is 6.92 Å². The van der Waals surface area contributed by atoms with Gasteiger partial charge in [0.25, 0.3) is 0 Å². The Morgan fingerprint density at radius 3 is 2.84 bits per heavy atom. The van der Waals surface area contributed by atoms with Crippen molar-refractivity contribution in [3.05, 3.63) is 0 Å². The SMILES string of the molecule is CCCNC(CCN1CCCN(C)CC1C)C(=O)O. The standard InChI is InChI=1S/C14H29N3O2/c1-4-7-15-13(14(18)19)6-10-17-9-5-8-16(3)11-12(17)2/h12-13,15H,4-11H2,1-3H3,(H,18,19). The first-order valence-electron chi connectivity index (χ1n) is 7.43. The Morgan fingerprint density at radius 1 is 1.47 bits per heavy atom. The summed E-state index contributed by atoms with van der Waals surface area (Å²) in [4.78, 5) is 16.0. The fourth-order valence-electron chi connectivity index (χ4n) is 2.68. The van der Waals surface area contributed by atoms with Crippen LogP contribution in [0.5, 0.6) is 0 Å². The molecule has 1 rings (SSSR count). The highest BCUT2D eigenvalue weighted by Gasteiger charge is 2.22. The molecule has 0 spiro atoms. The fourth-order valence-corrected chi connectivity index (χ4v) is 2.68. The summed E-state index contributed by atoms with van der Waals surface area (Å²) in [5, 5.41) is 12.3. The molecule has 1 aliphatic heterocycles. The predicted octanol–water partition coefficient (Wildman–Crippen LogP) is 0.855. The molecule has 0 aromatic rings. The summed E-state index contributed by atoms with van der Waals surface area (Å²) in [5.74, 6) is -0.729. The van der Waals surface area contributed by atoms with Crippen LogP contribution in [0, 0.1) is 0 Å². The highest BCUT2D eigenvalue weighted by Crippen LogP contribution is 2.10. The number of rotatable bonds is 7. The van der Waals surface area contributed by atoms with Crippen LogP contribution in [0.1, 0.15) is 33.1 Å². The van der Waals surface area contributed by atoms with Crippen LogP contribution in [0.15, 0.2) is 0 Å². The van der Waals surface area contributed by atoms with E-state index in [2.05, 4.69) is 36.0 Å². The van der Waals surface area contributed by atoms with Gasteiger partial charge in [0.2, 0.25) is 0 Å². The van der Waals surface area contributed by atoms with E-state index in [0.717, 1.165) is 39.1 Å². The third-order valence-electron chi connectivity index (χ3n) is 3.83. The molecule has 0 bridgehead atoms. The number of hydrogen-bond donors (Lipinski definition) is 2. The van der Waals surface area contributed by atoms with Crippen LogP contribution >= 0.6 is 0 Å². The van der Waals surface area contributed by atoms with Gasteiger partial charge in [0.1, 0.15) is 6.04 Å². The summed E-state index contributed by atoms with van der Waals surface area (Å²) in [6, 6.07) is 0.0984. The summed E-state index contributed by atoms with van der Waals surface area (Å²) in [6.07, 6.45) is 2.82. The van der Waals surface area contributed by atoms with Gasteiger partial charge in [-0.25, -0.2) is 0 Å². The lowest BCUT2D eigenvalue weighted by Crippen LogP contribution is -2.43. The molecule has 19 heavy (non-hydrogen) atoms. The first-order valence-corrected chi connectivity index (χ1v) is 7.43. The molecule has 5 heteroatoms. The molecule has 0 aromatic heterocycles. The van der Waals surface area contributed by atoms with E-state index in [-0.39, 0.29) is 0 Å². The number of nitrogens with zero attached hydrogens (tertiary/aromatic N) is 2. The summed E-state index contributed by atoms with van der Waals surface area (Å²) in [5.41, 5.74) is 0. The quantitative estimate of drug-likeness (QED) is 0.719. The fraction of sp³-hybridized carbons (Fsp3) is 0.929. The van der Waals surface area contributed by atoms with E-state index >= 15 is 0 Å². The Bertz CT molecular complexity index is 273. The first-order chi connectivity index (χ1) is 9.04. The lowest BCUT2D eigenvalue weighted by Gasteiger charge is -2.29. The maximum absolute atomic E-state index is 11.2. The molecule has 2 atom stereocenters. The molecule has 2 unspecified atom stereocenters. The van der Waals surface area contributed by atoms with Crippen molar-refractivity contribution >= 4 is 5.97 Å². The Labute approximate surface area is 117 Å². The molecule has 0 radical (unpaired) electrons. The van der Waals surface area contributed by atoms with Gasteiger partial charge in [0, 0.05) is 19.1 Å². The second-order valence-electron chi connectivity index (χ2n) is 5.63. The largest absolute Gasteiger partial charge is 0.480 e. The maximum Gasteiger partial charge on any atom is 0.320 e. The topological polar surface area (TPSA) is 55.8 Å². The molecule has 5 nitrogen and oxygen atoms in total. The van der Waals surface area contributed by atoms with Gasteiger partial charge in [0.05, 0.1) is 0 Å². The summed E-state index contributed by atoms with van der Waals surface area (Å²) in [6.45, 7) is 9.21. The van der Waals surface area contributed by atoms with Gasteiger partial charge in [-0.3, -0.25) is 9.69 Å². The second kappa shape index (κ2) is 8.51. The van der Waals surface area contributed by atoms with Crippen LogP contribution in [-0.2, 0) is 4.79 Å². The Hall–Kier alpha value is -0.650. The monoisotopic (exact) mass is 271 g/mol. The first kappa shape index (κ1) is 16.4. The number of likely N-dealkylation sites (N-methyl/N-ethyl adjacent to an activating group) is 1. The Kier molecular flexibility index (Phi) is 7.34. The summed E-state index contributed by atoms with van der Waals surface area (Å²) >= 11 is 0. The van der Waals surface area contributed by atoms with Crippen molar-refractivity contribution in [3.8, 4) is 0 Å². The lowest BCUT2D eigenvalue weighted by atomic mass is 10.1. The van der Waals surface area contributed by atoms with E-state index in [0.29, 0.717) is 12.5 Å². The third-order valence-corrected chi connectivity index (χ3v) is 3.83. The molecule has 1 fully saturated rings. The molecular formula is C14H29N3O2. The van der Waals surface area contributed by atoms with Crippen molar-refractivity contribution in [1.29, 1.82) is 0 Å². The number of carboxylic acids is 1. The molecule has 1 aliphatic rings. The number of nitrogens with one attached hydrogen (secondary N) is 1. The van der Waals surface area contributed by atoms with Gasteiger partial charge >= 0.3 is 5.97 Å². The van der Waals surface area contributed by atoms with E-state index in [1.54, 1.807) is 0 Å². The van der Waals surface area contributed by atoms with Crippen LogP contribution in [0.4, 0.5) is 0 Å². The van der Waals surface area contributed by atoms with Crippen LogP contribution in [0.25, 0.3) is 0 Å². The van der Waals surface area contributed by atoms with Gasteiger partial charge in [-0.05, 0) is 52.9 Å². The number of carboxylic acid groups (broad SMARTS) is 1. The number of aliphatic carboxylic acids is 1. The molecule has 1 saturated heterocycles. The van der Waals surface area contributed by atoms with Gasteiger partial charge < -0.3 is 15.3 Å². The van der Waals surface area contributed by atoms with E-state index < -0.39 is 12.0 Å². The van der Waals surface area contributed by atoms with E-state index in [4.69, 9.17) is 0 Å². The number of hydrogen-bond acceptors (Lipinski definition) is 4. The van der Waals surface area contributed by atoms with E-state index in [9.17, 15) is 9.90 Å². The molecule has 112 valence electrons. The summed E-state index contributed by atoms with van der Waals surface area (Å²) < 4.78 is 0. The van der Waals surface area contributed by atoms with Crippen LogP contribution < -0.4 is 5.32 Å². The maximum atomic E-state index is 11.2. The van der Waals surface area contributed by atoms with E-state index in [1.807, 2.05) is 0 Å². The smallest absolute Gasteiger partial charge is 0.320 e. The predicted molar refractivity (Wildman–Crippen MR) is 77.5 cm³/mol. The van der Waals surface area contributed by atoms with Gasteiger partial charge in [0.15, 0.2) is 0 Å². The molecule has 0 aromatic carbocycles. The zero-order valence-electron chi connectivity index (χ0n) is 12.6. The summed E-state index contributed by atoms with van der Waals surface area (Å²) in [7, 11) is 2.16. The van der Waals surface area contributed by atoms with Crippen LogP contribution in [0.2, 0.25) is 0 Å². The lowest BCUT2D eigenvalue weighted by molar-refractivity contribution is -0.139. The van der Waals surface area contributed by atoms with Gasteiger partial charge in [-0.2, -0.15) is 0 Å². The van der Waals surface area contributed by atoms with Crippen molar-refractivity contribution in [1.82, 2.24) is 15.1 Å². The van der Waals surface area contributed by atoms with Crippen molar-refractivity contribution in [2.45, 2.75) is 45.2 Å². The second-order valence-corrected chi connectivity index (χ2v) is 5.63.